The molecule has 0 radical (unpaired) electrons. The van der Waals surface area contributed by atoms with Gasteiger partial charge in [0.25, 0.3) is 0 Å². The first-order valence-corrected chi connectivity index (χ1v) is 13.6. The van der Waals surface area contributed by atoms with Gasteiger partial charge in [-0.1, -0.05) is 25.1 Å². The van der Waals surface area contributed by atoms with E-state index in [-0.39, 0.29) is 18.4 Å². The predicted molar refractivity (Wildman–Crippen MR) is 142 cm³/mol. The second-order valence-corrected chi connectivity index (χ2v) is 10.8. The monoisotopic (exact) mass is 552 g/mol. The molecule has 1 aliphatic carbocycles. The number of rotatable bonds is 9. The van der Waals surface area contributed by atoms with Crippen LogP contribution < -0.4 is 15.0 Å². The summed E-state index contributed by atoms with van der Waals surface area (Å²) in [7, 11) is 0. The van der Waals surface area contributed by atoms with Gasteiger partial charge in [-0.15, -0.1) is 5.10 Å². The summed E-state index contributed by atoms with van der Waals surface area (Å²) in [6, 6.07) is 15.3. The molecule has 3 aliphatic rings. The Bertz CT molecular complexity index is 1340. The Morgan fingerprint density at radius 3 is 2.38 bits per heavy atom. The van der Waals surface area contributed by atoms with Gasteiger partial charge in [0.1, 0.15) is 12.3 Å². The van der Waals surface area contributed by atoms with E-state index in [1.54, 1.807) is 12.1 Å². The number of aromatic nitrogens is 3. The van der Waals surface area contributed by atoms with Crippen molar-refractivity contribution in [3.8, 4) is 5.88 Å². The number of piperazine rings is 1. The third-order valence-corrected chi connectivity index (χ3v) is 8.30. The van der Waals surface area contributed by atoms with E-state index in [4.69, 9.17) is 4.74 Å². The number of likely N-dealkylation sites (tertiary alicyclic amines) is 1. The number of likely N-dealkylation sites (N-methyl/N-ethyl adjacent to an activating group) is 1. The van der Waals surface area contributed by atoms with Gasteiger partial charge in [0.05, 0.1) is 11.1 Å². The van der Waals surface area contributed by atoms with E-state index in [0.717, 1.165) is 37.5 Å². The van der Waals surface area contributed by atoms with Crippen LogP contribution in [0, 0.1) is 0 Å². The molecule has 11 heteroatoms. The summed E-state index contributed by atoms with van der Waals surface area (Å²) in [4.78, 5) is 21.6. The van der Waals surface area contributed by atoms with Gasteiger partial charge in [0.15, 0.2) is 0 Å². The zero-order chi connectivity index (χ0) is 27.9. The molecule has 1 amide bonds. The van der Waals surface area contributed by atoms with Crippen molar-refractivity contribution >= 4 is 11.6 Å². The highest BCUT2D eigenvalue weighted by atomic mass is 19.4. The molecule has 6 rings (SSSR count). The largest absolute Gasteiger partial charge is 0.472 e. The fraction of sp³-hybridized carbons (Fsp3) is 0.448. The number of hydrogen-bond acceptors (Lipinski definition) is 7. The number of carbonyl (C=O) groups is 1. The minimum Gasteiger partial charge on any atom is -0.472 e. The third-order valence-electron chi connectivity index (χ3n) is 8.30. The lowest BCUT2D eigenvalue weighted by molar-refractivity contribution is -0.141. The fourth-order valence-corrected chi connectivity index (χ4v) is 5.82. The van der Waals surface area contributed by atoms with E-state index >= 15 is 0 Å². The Labute approximate surface area is 230 Å². The molecule has 1 aromatic carbocycles. The second kappa shape index (κ2) is 10.3. The Balaban J connectivity index is 1.00. The molecule has 2 saturated heterocycles. The minimum absolute atomic E-state index is 0.000233. The van der Waals surface area contributed by atoms with Crippen LogP contribution in [0.1, 0.15) is 48.7 Å². The standard InChI is InChI=1S/C29H31F3N6O2/c1-2-37-16-23-13-22(37)17-38(23)21-6-3-19(4-7-21)14-34-27(39)28(11-12-28)24-9-10-26(36-35-24)40-18-20-5-8-25(33-15-20)29(30,31)32/h3-10,15,22-23H,2,11-14,16-18H2,1H3,(H,34,39). The zero-order valence-electron chi connectivity index (χ0n) is 22.2. The molecule has 1 saturated carbocycles. The number of nitrogens with one attached hydrogen (secondary N) is 1. The molecular formula is C29H31F3N6O2. The van der Waals surface area contributed by atoms with Crippen molar-refractivity contribution in [3.63, 3.8) is 0 Å². The minimum atomic E-state index is -4.49. The maximum Gasteiger partial charge on any atom is 0.433 e. The maximum atomic E-state index is 13.1. The van der Waals surface area contributed by atoms with E-state index < -0.39 is 17.3 Å². The van der Waals surface area contributed by atoms with Crippen molar-refractivity contribution in [3.05, 3.63) is 77.2 Å². The first-order valence-electron chi connectivity index (χ1n) is 13.6. The van der Waals surface area contributed by atoms with Crippen LogP contribution >= 0.6 is 0 Å². The van der Waals surface area contributed by atoms with Crippen molar-refractivity contribution in [1.82, 2.24) is 25.4 Å². The number of alkyl halides is 3. The van der Waals surface area contributed by atoms with Crippen molar-refractivity contribution in [2.75, 3.05) is 24.5 Å². The number of halogens is 3. The molecule has 40 heavy (non-hydrogen) atoms. The van der Waals surface area contributed by atoms with Gasteiger partial charge < -0.3 is 15.0 Å². The Morgan fingerprint density at radius 1 is 1.02 bits per heavy atom. The van der Waals surface area contributed by atoms with Crippen LogP contribution in [0.4, 0.5) is 18.9 Å². The molecule has 3 aromatic rings. The number of carbonyl (C=O) groups excluding carboxylic acids is 1. The normalized spacial score (nSPS) is 21.4. The Hall–Kier alpha value is -3.73. The van der Waals surface area contributed by atoms with Crippen molar-refractivity contribution in [2.45, 2.75) is 63.0 Å². The summed E-state index contributed by atoms with van der Waals surface area (Å²) in [6.45, 7) is 5.99. The molecule has 2 aliphatic heterocycles. The van der Waals surface area contributed by atoms with E-state index in [9.17, 15) is 18.0 Å². The van der Waals surface area contributed by atoms with Crippen LogP contribution in [0.25, 0.3) is 0 Å². The number of hydrogen-bond donors (Lipinski definition) is 1. The molecule has 2 atom stereocenters. The number of nitrogens with zero attached hydrogens (tertiary/aromatic N) is 5. The number of amides is 1. The van der Waals surface area contributed by atoms with Crippen molar-refractivity contribution in [1.29, 1.82) is 0 Å². The molecule has 2 unspecified atom stereocenters. The van der Waals surface area contributed by atoms with Gasteiger partial charge in [0.2, 0.25) is 11.8 Å². The molecular weight excluding hydrogens is 521 g/mol. The number of pyridine rings is 1. The van der Waals surface area contributed by atoms with Gasteiger partial charge in [-0.05, 0) is 55.6 Å². The molecule has 2 aromatic heterocycles. The highest BCUT2D eigenvalue weighted by Gasteiger charge is 2.53. The Morgan fingerprint density at radius 2 is 1.80 bits per heavy atom. The smallest absolute Gasteiger partial charge is 0.433 e. The van der Waals surface area contributed by atoms with E-state index in [0.29, 0.717) is 42.7 Å². The Kier molecular flexibility index (Phi) is 6.85. The lowest BCUT2D eigenvalue weighted by Gasteiger charge is -2.35. The van der Waals surface area contributed by atoms with Gasteiger partial charge in [-0.2, -0.15) is 18.3 Å². The van der Waals surface area contributed by atoms with E-state index in [2.05, 4.69) is 61.5 Å². The third kappa shape index (κ3) is 5.22. The molecule has 210 valence electrons. The number of anilines is 1. The van der Waals surface area contributed by atoms with Crippen molar-refractivity contribution in [2.24, 2.45) is 0 Å². The summed E-state index contributed by atoms with van der Waals surface area (Å²) in [5.41, 5.74) is 1.68. The summed E-state index contributed by atoms with van der Waals surface area (Å²) >= 11 is 0. The molecule has 4 heterocycles. The van der Waals surface area contributed by atoms with Crippen LogP contribution in [0.2, 0.25) is 0 Å². The van der Waals surface area contributed by atoms with Gasteiger partial charge in [-0.25, -0.2) is 0 Å². The molecule has 8 nitrogen and oxygen atoms in total. The summed E-state index contributed by atoms with van der Waals surface area (Å²) in [5.74, 6) is 0.139. The van der Waals surface area contributed by atoms with Crippen molar-refractivity contribution < 1.29 is 22.7 Å². The number of ether oxygens (including phenoxy) is 1. The van der Waals surface area contributed by atoms with E-state index in [1.165, 1.54) is 18.2 Å². The molecule has 3 fully saturated rings. The van der Waals surface area contributed by atoms with E-state index in [1.807, 2.05) is 0 Å². The summed E-state index contributed by atoms with van der Waals surface area (Å²) in [6.07, 6.45) is -0.745. The highest BCUT2D eigenvalue weighted by Crippen LogP contribution is 2.47. The highest BCUT2D eigenvalue weighted by molar-refractivity contribution is 5.90. The fourth-order valence-electron chi connectivity index (χ4n) is 5.82. The van der Waals surface area contributed by atoms with Crippen LogP contribution in [0.3, 0.4) is 0 Å². The first kappa shape index (κ1) is 26.5. The van der Waals surface area contributed by atoms with Gasteiger partial charge in [-0.3, -0.25) is 14.7 Å². The molecule has 0 spiro atoms. The maximum absolute atomic E-state index is 13.1. The SMILES string of the molecule is CCN1CC2CC1CN2c1ccc(CNC(=O)C2(c3ccc(OCc4ccc(C(F)(F)F)nc4)nn3)CC2)cc1. The lowest BCUT2D eigenvalue weighted by atomic mass is 10.0. The number of benzene rings is 1. The van der Waals surface area contributed by atoms with Gasteiger partial charge >= 0.3 is 6.18 Å². The summed E-state index contributed by atoms with van der Waals surface area (Å²) in [5, 5.41) is 11.4. The van der Waals surface area contributed by atoms with Crippen LogP contribution in [0.15, 0.2) is 54.7 Å². The average molecular weight is 553 g/mol. The number of fused-ring (bicyclic) bond motifs is 2. The first-order chi connectivity index (χ1) is 19.2. The quantitative estimate of drug-likeness (QED) is 0.428. The summed E-state index contributed by atoms with van der Waals surface area (Å²) < 4.78 is 43.6. The van der Waals surface area contributed by atoms with Crippen LogP contribution in [0.5, 0.6) is 5.88 Å². The van der Waals surface area contributed by atoms with Crippen LogP contribution in [-0.4, -0.2) is 57.7 Å². The zero-order valence-corrected chi connectivity index (χ0v) is 22.2. The molecule has 1 N–H and O–H groups in total. The molecule has 2 bridgehead atoms. The topological polar surface area (TPSA) is 83.5 Å². The lowest BCUT2D eigenvalue weighted by Crippen LogP contribution is -2.46. The predicted octanol–water partition coefficient (Wildman–Crippen LogP) is 4.10. The van der Waals surface area contributed by atoms with Gasteiger partial charge in [0, 0.05) is 55.2 Å². The average Bonchev–Trinajstić information content (AvgIpc) is 3.54. The second-order valence-electron chi connectivity index (χ2n) is 10.8. The van der Waals surface area contributed by atoms with Crippen LogP contribution in [-0.2, 0) is 29.5 Å².